The smallest absolute Gasteiger partial charge is 0.389 e. The summed E-state index contributed by atoms with van der Waals surface area (Å²) in [7, 11) is -6.19. The van der Waals surface area contributed by atoms with Crippen LogP contribution >= 0.6 is 0 Å². The van der Waals surface area contributed by atoms with E-state index in [9.17, 15) is 39.5 Å². The van der Waals surface area contributed by atoms with Crippen LogP contribution in [0.15, 0.2) is 0 Å². The third-order valence-electron chi connectivity index (χ3n) is 2.41. The fourth-order valence-electron chi connectivity index (χ4n) is 1.17. The lowest BCUT2D eigenvalue weighted by molar-refractivity contribution is -0.291. The molecule has 0 aliphatic carbocycles. The summed E-state index contributed by atoms with van der Waals surface area (Å²) in [6.45, 7) is 0. The minimum Gasteiger partial charge on any atom is -0.431 e. The number of hydrogen-bond donors (Lipinski definition) is 1. The molecule has 0 spiro atoms. The summed E-state index contributed by atoms with van der Waals surface area (Å²) in [5, 5.41) is 0. The molecule has 0 radical (unpaired) electrons. The first-order valence-electron chi connectivity index (χ1n) is 5.07. The van der Waals surface area contributed by atoms with Crippen LogP contribution < -0.4 is 0 Å². The van der Waals surface area contributed by atoms with Crippen molar-refractivity contribution in [2.75, 3.05) is 0 Å². The van der Waals surface area contributed by atoms with Crippen molar-refractivity contribution in [3.63, 3.8) is 0 Å². The first kappa shape index (κ1) is 19.0. The minimum absolute atomic E-state index is 0.0316. The van der Waals surface area contributed by atoms with Gasteiger partial charge in [0, 0.05) is 21.4 Å². The topological polar surface area (TPSA) is 20.2 Å². The fraction of sp³-hybridized carbons (Fsp3) is 1.00. The van der Waals surface area contributed by atoms with Crippen molar-refractivity contribution in [1.82, 2.24) is 0 Å². The Morgan fingerprint density at radius 2 is 1.32 bits per heavy atom. The monoisotopic (exact) mass is 354 g/mol. The van der Waals surface area contributed by atoms with Gasteiger partial charge in [0.1, 0.15) is 0 Å². The van der Waals surface area contributed by atoms with Gasteiger partial charge in [0.2, 0.25) is 8.56 Å². The molecule has 0 saturated heterocycles. The normalized spacial score (nSPS) is 17.4. The second-order valence-corrected chi connectivity index (χ2v) is 18.6. The zero-order valence-electron chi connectivity index (χ0n) is 9.55. The van der Waals surface area contributed by atoms with E-state index in [0.717, 1.165) is 0 Å². The van der Waals surface area contributed by atoms with Crippen LogP contribution in [0.2, 0.25) is 0 Å². The Hall–Kier alpha value is -0.0194. The van der Waals surface area contributed by atoms with Gasteiger partial charge in [-0.15, -0.1) is 0 Å². The van der Waals surface area contributed by atoms with Gasteiger partial charge >= 0.3 is 23.6 Å². The largest absolute Gasteiger partial charge is 0.431 e. The van der Waals surface area contributed by atoms with E-state index < -0.39 is 53.5 Å². The molecule has 116 valence electrons. The van der Waals surface area contributed by atoms with Crippen LogP contribution in [0.3, 0.4) is 0 Å². The van der Waals surface area contributed by atoms with Crippen molar-refractivity contribution in [1.29, 1.82) is 0 Å². The lowest BCUT2D eigenvalue weighted by Crippen LogP contribution is -2.63. The van der Waals surface area contributed by atoms with Gasteiger partial charge in [-0.25, -0.2) is 8.78 Å². The van der Waals surface area contributed by atoms with Crippen molar-refractivity contribution in [3.05, 3.63) is 0 Å². The molecule has 0 aromatic rings. The minimum atomic E-state index is -5.96. The molecule has 0 fully saturated rings. The second-order valence-electron chi connectivity index (χ2n) is 3.94. The molecule has 1 N–H and O–H groups in total. The van der Waals surface area contributed by atoms with Gasteiger partial charge in [0.05, 0.1) is 0 Å². The van der Waals surface area contributed by atoms with E-state index in [0.29, 0.717) is 0 Å². The molecule has 1 atom stereocenters. The van der Waals surface area contributed by atoms with E-state index in [1.165, 1.54) is 0 Å². The highest BCUT2D eigenvalue weighted by molar-refractivity contribution is 7.29. The van der Waals surface area contributed by atoms with Crippen LogP contribution in [0.4, 0.5) is 39.5 Å². The molecule has 0 amide bonds. The lowest BCUT2D eigenvalue weighted by atomic mass is 10.1. The Kier molecular flexibility index (Phi) is 5.76. The SMILES string of the molecule is O[SiH]([SiH2][SiH3])C(F)(F)C(F)(F)C(F)(F)CCC(F)(F)F. The molecule has 0 aromatic heterocycles. The van der Waals surface area contributed by atoms with E-state index >= 15 is 0 Å². The van der Waals surface area contributed by atoms with Crippen LogP contribution in [0, 0.1) is 0 Å². The van der Waals surface area contributed by atoms with E-state index in [1.54, 1.807) is 0 Å². The molecule has 1 nitrogen and oxygen atoms in total. The molecular formula is C6H11F9OSi3. The van der Waals surface area contributed by atoms with Crippen LogP contribution in [-0.2, 0) is 0 Å². The van der Waals surface area contributed by atoms with Crippen LogP contribution in [0.1, 0.15) is 12.8 Å². The van der Waals surface area contributed by atoms with Crippen molar-refractivity contribution >= 4 is 26.9 Å². The highest BCUT2D eigenvalue weighted by Gasteiger charge is 2.73. The zero-order valence-corrected chi connectivity index (χ0v) is 14.1. The summed E-state index contributed by atoms with van der Waals surface area (Å²) in [6, 6.07) is 0. The number of hydrogen-bond acceptors (Lipinski definition) is 1. The highest BCUT2D eigenvalue weighted by atomic mass is 29.5. The van der Waals surface area contributed by atoms with Gasteiger partial charge in [0.25, 0.3) is 0 Å². The maximum atomic E-state index is 13.1. The Morgan fingerprint density at radius 3 is 1.63 bits per heavy atom. The van der Waals surface area contributed by atoms with Gasteiger partial charge in [-0.05, 0) is 9.76 Å². The van der Waals surface area contributed by atoms with Gasteiger partial charge in [-0.1, -0.05) is 0 Å². The van der Waals surface area contributed by atoms with Crippen molar-refractivity contribution in [2.45, 2.75) is 36.4 Å². The maximum absolute atomic E-state index is 13.1. The van der Waals surface area contributed by atoms with E-state index in [-0.39, 0.29) is 9.76 Å². The Bertz CT molecular complexity index is 305. The third kappa shape index (κ3) is 4.22. The molecule has 0 saturated carbocycles. The predicted octanol–water partition coefficient (Wildman–Crippen LogP) is 0.436. The number of rotatable bonds is 6. The first-order chi connectivity index (χ1) is 8.19. The molecule has 19 heavy (non-hydrogen) atoms. The molecule has 13 heteroatoms. The standard InChI is InChI=1S/C6H11F9OSi3/c7-3(8,1-2-4(9,10)11)5(12,13)6(14,15)19(16)18-17/h16,19H,1-2,18H2,17H3. The Labute approximate surface area is 108 Å². The molecule has 0 bridgehead atoms. The van der Waals surface area contributed by atoms with Gasteiger partial charge in [0.15, 0.2) is 0 Å². The summed E-state index contributed by atoms with van der Waals surface area (Å²) < 4.78 is 113. The molecule has 0 aliphatic rings. The number of halogens is 9. The average molecular weight is 354 g/mol. The molecule has 0 heterocycles. The second kappa shape index (κ2) is 5.77. The number of alkyl halides is 9. The summed E-state index contributed by atoms with van der Waals surface area (Å²) in [6.07, 6.45) is -9.90. The Morgan fingerprint density at radius 1 is 0.895 bits per heavy atom. The molecule has 1 unspecified atom stereocenters. The van der Waals surface area contributed by atoms with Crippen LogP contribution in [0.25, 0.3) is 0 Å². The molecule has 0 aromatic carbocycles. The first-order valence-corrected chi connectivity index (χ1v) is 15.1. The highest BCUT2D eigenvalue weighted by Crippen LogP contribution is 2.49. The van der Waals surface area contributed by atoms with E-state index in [4.69, 9.17) is 4.80 Å². The van der Waals surface area contributed by atoms with Crippen LogP contribution in [-0.4, -0.2) is 55.2 Å². The average Bonchev–Trinajstić information content (AvgIpc) is 2.23. The molecule has 0 rings (SSSR count). The Balaban J connectivity index is 5.16. The van der Waals surface area contributed by atoms with Gasteiger partial charge < -0.3 is 4.80 Å². The summed E-state index contributed by atoms with van der Waals surface area (Å²) in [4.78, 5) is 8.86. The van der Waals surface area contributed by atoms with E-state index in [2.05, 4.69) is 0 Å². The van der Waals surface area contributed by atoms with Crippen molar-refractivity contribution < 1.29 is 44.3 Å². The third-order valence-corrected chi connectivity index (χ3v) is 15.2. The lowest BCUT2D eigenvalue weighted by Gasteiger charge is -2.34. The molecular weight excluding hydrogens is 343 g/mol. The fourth-order valence-corrected chi connectivity index (χ4v) is 9.23. The van der Waals surface area contributed by atoms with Crippen molar-refractivity contribution in [3.8, 4) is 0 Å². The summed E-state index contributed by atoms with van der Waals surface area (Å²) >= 11 is 0. The van der Waals surface area contributed by atoms with Crippen molar-refractivity contribution in [2.24, 2.45) is 0 Å². The van der Waals surface area contributed by atoms with Crippen LogP contribution in [0.5, 0.6) is 0 Å². The van der Waals surface area contributed by atoms with Gasteiger partial charge in [-0.3, -0.25) is 0 Å². The quantitative estimate of drug-likeness (QED) is 0.542. The van der Waals surface area contributed by atoms with E-state index in [1.807, 2.05) is 0 Å². The zero-order chi connectivity index (χ0) is 15.7. The van der Waals surface area contributed by atoms with Gasteiger partial charge in [-0.2, -0.15) is 30.7 Å². The summed E-state index contributed by atoms with van der Waals surface area (Å²) in [5.74, 6) is -11.5. The maximum Gasteiger partial charge on any atom is 0.389 e. The summed E-state index contributed by atoms with van der Waals surface area (Å²) in [5.41, 5.74) is -5.30. The predicted molar refractivity (Wildman–Crippen MR) is 58.0 cm³/mol. The molecule has 0 aliphatic heterocycles.